The molecule has 2 aromatic carbocycles. The lowest BCUT2D eigenvalue weighted by atomic mass is 10.2. The van der Waals surface area contributed by atoms with E-state index < -0.39 is 10.3 Å². The SMILES string of the molecule is O=S1(=O)OCCN1Cc1cc(Cl)ccc1OCc1ccc(Cl)cc1. The summed E-state index contributed by atoms with van der Waals surface area (Å²) in [5.74, 6) is 0.580. The minimum atomic E-state index is -3.67. The molecule has 1 aliphatic rings. The standard InChI is InChI=1S/C16H15Cl2NO4S/c17-14-3-1-12(2-4-14)11-22-16-6-5-15(18)9-13(16)10-19-7-8-23-24(19,20)21/h1-6,9H,7-8,10-11H2. The maximum atomic E-state index is 11.8. The van der Waals surface area contributed by atoms with E-state index in [1.807, 2.05) is 12.1 Å². The van der Waals surface area contributed by atoms with Crippen LogP contribution in [-0.4, -0.2) is 25.9 Å². The van der Waals surface area contributed by atoms with Crippen molar-refractivity contribution in [1.82, 2.24) is 4.31 Å². The molecule has 8 heteroatoms. The van der Waals surface area contributed by atoms with Gasteiger partial charge >= 0.3 is 10.3 Å². The van der Waals surface area contributed by atoms with Crippen molar-refractivity contribution in [2.45, 2.75) is 13.2 Å². The molecule has 0 N–H and O–H groups in total. The molecule has 0 radical (unpaired) electrons. The van der Waals surface area contributed by atoms with Crippen LogP contribution in [0.25, 0.3) is 0 Å². The molecule has 0 unspecified atom stereocenters. The van der Waals surface area contributed by atoms with Crippen molar-refractivity contribution >= 4 is 33.5 Å². The van der Waals surface area contributed by atoms with E-state index in [-0.39, 0.29) is 13.2 Å². The topological polar surface area (TPSA) is 55.8 Å². The zero-order chi connectivity index (χ0) is 17.2. The summed E-state index contributed by atoms with van der Waals surface area (Å²) in [6, 6.07) is 12.5. The van der Waals surface area contributed by atoms with Crippen LogP contribution < -0.4 is 4.74 Å². The van der Waals surface area contributed by atoms with E-state index in [9.17, 15) is 8.42 Å². The molecule has 0 atom stereocenters. The molecule has 1 heterocycles. The quantitative estimate of drug-likeness (QED) is 0.785. The van der Waals surface area contributed by atoms with Crippen LogP contribution in [0.5, 0.6) is 5.75 Å². The van der Waals surface area contributed by atoms with Gasteiger partial charge in [-0.05, 0) is 35.9 Å². The molecule has 1 saturated heterocycles. The van der Waals surface area contributed by atoms with E-state index in [4.69, 9.17) is 32.1 Å². The van der Waals surface area contributed by atoms with E-state index in [2.05, 4.69) is 0 Å². The van der Waals surface area contributed by atoms with Gasteiger partial charge in [0.2, 0.25) is 0 Å². The van der Waals surface area contributed by atoms with Crippen LogP contribution in [0.2, 0.25) is 10.0 Å². The Morgan fingerprint density at radius 2 is 1.79 bits per heavy atom. The molecule has 1 fully saturated rings. The smallest absolute Gasteiger partial charge is 0.338 e. The van der Waals surface area contributed by atoms with E-state index in [0.29, 0.717) is 34.5 Å². The average Bonchev–Trinajstić information content (AvgIpc) is 2.87. The van der Waals surface area contributed by atoms with E-state index in [1.54, 1.807) is 30.3 Å². The average molecular weight is 388 g/mol. The summed E-state index contributed by atoms with van der Waals surface area (Å²) in [6.45, 7) is 0.962. The Balaban J connectivity index is 1.76. The van der Waals surface area contributed by atoms with Crippen molar-refractivity contribution in [3.63, 3.8) is 0 Å². The van der Waals surface area contributed by atoms with Crippen molar-refractivity contribution in [3.05, 3.63) is 63.6 Å². The van der Waals surface area contributed by atoms with Gasteiger partial charge in [-0.2, -0.15) is 12.7 Å². The molecule has 0 saturated carbocycles. The third kappa shape index (κ3) is 4.20. The van der Waals surface area contributed by atoms with Crippen LogP contribution in [0.15, 0.2) is 42.5 Å². The van der Waals surface area contributed by atoms with Gasteiger partial charge in [-0.3, -0.25) is 4.18 Å². The van der Waals surface area contributed by atoms with Crippen molar-refractivity contribution in [2.24, 2.45) is 0 Å². The minimum absolute atomic E-state index is 0.152. The molecule has 0 aromatic heterocycles. The number of hydrogen-bond donors (Lipinski definition) is 0. The zero-order valence-corrected chi connectivity index (χ0v) is 14.9. The number of rotatable bonds is 5. The Kier molecular flexibility index (Phi) is 5.32. The Morgan fingerprint density at radius 1 is 1.08 bits per heavy atom. The van der Waals surface area contributed by atoms with Crippen LogP contribution in [0, 0.1) is 0 Å². The van der Waals surface area contributed by atoms with Gasteiger partial charge in [0.15, 0.2) is 0 Å². The van der Waals surface area contributed by atoms with Gasteiger partial charge in [0.25, 0.3) is 0 Å². The highest BCUT2D eigenvalue weighted by atomic mass is 35.5. The first-order chi connectivity index (χ1) is 11.4. The highest BCUT2D eigenvalue weighted by molar-refractivity contribution is 7.84. The van der Waals surface area contributed by atoms with Crippen molar-refractivity contribution in [1.29, 1.82) is 0 Å². The summed E-state index contributed by atoms with van der Waals surface area (Å²) >= 11 is 11.9. The molecule has 0 spiro atoms. The first kappa shape index (κ1) is 17.5. The molecule has 128 valence electrons. The lowest BCUT2D eigenvalue weighted by Gasteiger charge is -2.16. The fourth-order valence-corrected chi connectivity index (χ4v) is 3.68. The largest absolute Gasteiger partial charge is 0.489 e. The fraction of sp³-hybridized carbons (Fsp3) is 0.250. The molecular weight excluding hydrogens is 373 g/mol. The number of benzene rings is 2. The van der Waals surface area contributed by atoms with Crippen LogP contribution in [0.1, 0.15) is 11.1 Å². The van der Waals surface area contributed by atoms with Crippen molar-refractivity contribution in [3.8, 4) is 5.75 Å². The summed E-state index contributed by atoms with van der Waals surface area (Å²) in [5, 5.41) is 1.17. The lowest BCUT2D eigenvalue weighted by Crippen LogP contribution is -2.25. The van der Waals surface area contributed by atoms with Crippen LogP contribution in [-0.2, 0) is 27.6 Å². The highest BCUT2D eigenvalue weighted by Gasteiger charge is 2.30. The monoisotopic (exact) mass is 387 g/mol. The maximum Gasteiger partial charge on any atom is 0.338 e. The molecular formula is C16H15Cl2NO4S. The molecule has 3 rings (SSSR count). The predicted octanol–water partition coefficient (Wildman–Crippen LogP) is 3.65. The van der Waals surface area contributed by atoms with Gasteiger partial charge in [0.1, 0.15) is 12.4 Å². The highest BCUT2D eigenvalue weighted by Crippen LogP contribution is 2.27. The Morgan fingerprint density at radius 3 is 2.46 bits per heavy atom. The summed E-state index contributed by atoms with van der Waals surface area (Å²) in [6.07, 6.45) is 0. The van der Waals surface area contributed by atoms with Crippen molar-refractivity contribution < 1.29 is 17.3 Å². The molecule has 24 heavy (non-hydrogen) atoms. The minimum Gasteiger partial charge on any atom is -0.489 e. The van der Waals surface area contributed by atoms with Crippen LogP contribution in [0.4, 0.5) is 0 Å². The molecule has 0 bridgehead atoms. The third-order valence-electron chi connectivity index (χ3n) is 3.57. The molecule has 0 amide bonds. The number of nitrogens with zero attached hydrogens (tertiary/aromatic N) is 1. The third-order valence-corrected chi connectivity index (χ3v) is 5.46. The van der Waals surface area contributed by atoms with Gasteiger partial charge in [-0.25, -0.2) is 0 Å². The number of ether oxygens (including phenoxy) is 1. The van der Waals surface area contributed by atoms with Crippen LogP contribution >= 0.6 is 23.2 Å². The fourth-order valence-electron chi connectivity index (χ4n) is 2.33. The normalized spacial score (nSPS) is 17.1. The Bertz CT molecular complexity index is 824. The molecule has 2 aromatic rings. The second-order valence-corrected chi connectivity index (χ2v) is 7.76. The second-order valence-electron chi connectivity index (χ2n) is 5.28. The first-order valence-corrected chi connectivity index (χ1v) is 9.36. The van der Waals surface area contributed by atoms with Gasteiger partial charge in [-0.1, -0.05) is 35.3 Å². The Labute approximate surface area is 151 Å². The van der Waals surface area contributed by atoms with Gasteiger partial charge in [0, 0.05) is 28.7 Å². The summed E-state index contributed by atoms with van der Waals surface area (Å²) in [7, 11) is -3.67. The van der Waals surface area contributed by atoms with Gasteiger partial charge in [0.05, 0.1) is 6.61 Å². The van der Waals surface area contributed by atoms with Crippen molar-refractivity contribution in [2.75, 3.05) is 13.2 Å². The number of halogens is 2. The van der Waals surface area contributed by atoms with E-state index >= 15 is 0 Å². The number of hydrogen-bond acceptors (Lipinski definition) is 4. The summed E-state index contributed by atoms with van der Waals surface area (Å²) in [4.78, 5) is 0. The molecule has 5 nitrogen and oxygen atoms in total. The Hall–Kier alpha value is -1.31. The first-order valence-electron chi connectivity index (χ1n) is 7.24. The second kappa shape index (κ2) is 7.29. The van der Waals surface area contributed by atoms with E-state index in [1.165, 1.54) is 4.31 Å². The van der Waals surface area contributed by atoms with Gasteiger partial charge in [-0.15, -0.1) is 0 Å². The lowest BCUT2D eigenvalue weighted by molar-refractivity contribution is 0.299. The predicted molar refractivity (Wildman–Crippen MR) is 92.5 cm³/mol. The van der Waals surface area contributed by atoms with E-state index in [0.717, 1.165) is 5.56 Å². The van der Waals surface area contributed by atoms with Crippen LogP contribution in [0.3, 0.4) is 0 Å². The molecule has 1 aliphatic heterocycles. The summed E-state index contributed by atoms with van der Waals surface area (Å²) in [5.41, 5.74) is 1.64. The summed E-state index contributed by atoms with van der Waals surface area (Å²) < 4.78 is 35.4. The van der Waals surface area contributed by atoms with Gasteiger partial charge < -0.3 is 4.74 Å². The molecule has 0 aliphatic carbocycles. The zero-order valence-electron chi connectivity index (χ0n) is 12.6. The maximum absolute atomic E-state index is 11.8.